The Labute approximate surface area is 171 Å². The molecule has 0 spiro atoms. The first-order chi connectivity index (χ1) is 14.2. The molecule has 0 radical (unpaired) electrons. The molecule has 2 N–H and O–H groups in total. The molecule has 2 aliphatic carbocycles. The summed E-state index contributed by atoms with van der Waals surface area (Å²) in [4.78, 5) is 24.5. The van der Waals surface area contributed by atoms with Gasteiger partial charge in [0.05, 0.1) is 6.10 Å². The van der Waals surface area contributed by atoms with Gasteiger partial charge >= 0.3 is 0 Å². The Morgan fingerprint density at radius 1 is 0.966 bits per heavy atom. The highest BCUT2D eigenvalue weighted by Gasteiger charge is 2.23. The molecule has 4 rings (SSSR count). The summed E-state index contributed by atoms with van der Waals surface area (Å²) in [5, 5.41) is 5.86. The van der Waals surface area contributed by atoms with E-state index in [1.54, 1.807) is 18.2 Å². The average molecular weight is 392 g/mol. The summed E-state index contributed by atoms with van der Waals surface area (Å²) in [6, 6.07) is 15.4. The van der Waals surface area contributed by atoms with Gasteiger partial charge in [-0.25, -0.2) is 0 Å². The highest BCUT2D eigenvalue weighted by atomic mass is 16.5. The maximum Gasteiger partial charge on any atom is 0.251 e. The third-order valence-corrected chi connectivity index (χ3v) is 5.47. The van der Waals surface area contributed by atoms with E-state index in [1.165, 1.54) is 12.8 Å². The number of benzene rings is 2. The van der Waals surface area contributed by atoms with Gasteiger partial charge in [-0.05, 0) is 80.8 Å². The van der Waals surface area contributed by atoms with Crippen molar-refractivity contribution in [2.24, 2.45) is 0 Å². The molecule has 5 heteroatoms. The van der Waals surface area contributed by atoms with Gasteiger partial charge in [0, 0.05) is 23.7 Å². The minimum absolute atomic E-state index is 0.0631. The van der Waals surface area contributed by atoms with Crippen LogP contribution in [0.3, 0.4) is 0 Å². The molecular weight excluding hydrogens is 364 g/mol. The smallest absolute Gasteiger partial charge is 0.251 e. The maximum absolute atomic E-state index is 12.4. The lowest BCUT2D eigenvalue weighted by molar-refractivity contribution is -0.116. The fourth-order valence-corrected chi connectivity index (χ4v) is 3.69. The lowest BCUT2D eigenvalue weighted by atomic mass is 10.1. The molecule has 0 saturated heterocycles. The first-order valence-electron chi connectivity index (χ1n) is 10.6. The van der Waals surface area contributed by atoms with Crippen molar-refractivity contribution in [2.45, 2.75) is 63.5 Å². The zero-order chi connectivity index (χ0) is 20.1. The van der Waals surface area contributed by atoms with Crippen molar-refractivity contribution in [3.8, 4) is 5.75 Å². The molecule has 2 fully saturated rings. The van der Waals surface area contributed by atoms with Crippen LogP contribution in [0, 0.1) is 0 Å². The minimum atomic E-state index is -0.0809. The number of aryl methyl sites for hydroxylation is 1. The van der Waals surface area contributed by atoms with Crippen LogP contribution < -0.4 is 15.4 Å². The van der Waals surface area contributed by atoms with Crippen LogP contribution in [0.2, 0.25) is 0 Å². The summed E-state index contributed by atoms with van der Waals surface area (Å²) in [7, 11) is 0. The Morgan fingerprint density at radius 3 is 2.55 bits per heavy atom. The number of carbonyl (C=O) groups is 2. The third kappa shape index (κ3) is 5.83. The van der Waals surface area contributed by atoms with Crippen LogP contribution in [0.25, 0.3) is 0 Å². The molecule has 0 atom stereocenters. The normalized spacial score (nSPS) is 16.4. The lowest BCUT2D eigenvalue weighted by Crippen LogP contribution is -2.25. The summed E-state index contributed by atoms with van der Waals surface area (Å²) >= 11 is 0. The van der Waals surface area contributed by atoms with Crippen molar-refractivity contribution in [1.82, 2.24) is 5.32 Å². The number of rotatable bonds is 8. The van der Waals surface area contributed by atoms with E-state index >= 15 is 0 Å². The van der Waals surface area contributed by atoms with E-state index in [0.29, 0.717) is 36.2 Å². The molecule has 0 aromatic heterocycles. The zero-order valence-corrected chi connectivity index (χ0v) is 16.7. The predicted octanol–water partition coefficient (Wildman–Crippen LogP) is 4.47. The molecule has 5 nitrogen and oxygen atoms in total. The number of hydrogen-bond acceptors (Lipinski definition) is 3. The summed E-state index contributed by atoms with van der Waals surface area (Å²) < 4.78 is 6.05. The van der Waals surface area contributed by atoms with Gasteiger partial charge in [0.15, 0.2) is 0 Å². The fraction of sp³-hybridized carbons (Fsp3) is 0.417. The largest absolute Gasteiger partial charge is 0.490 e. The highest BCUT2D eigenvalue weighted by Crippen LogP contribution is 2.25. The summed E-state index contributed by atoms with van der Waals surface area (Å²) in [5.41, 5.74) is 2.32. The van der Waals surface area contributed by atoms with Crippen LogP contribution in [0.15, 0.2) is 48.5 Å². The van der Waals surface area contributed by atoms with Gasteiger partial charge in [-0.15, -0.1) is 0 Å². The van der Waals surface area contributed by atoms with Crippen LogP contribution in [0.1, 0.15) is 60.9 Å². The number of hydrogen-bond donors (Lipinski definition) is 2. The van der Waals surface area contributed by atoms with Crippen LogP contribution in [-0.4, -0.2) is 24.0 Å². The van der Waals surface area contributed by atoms with E-state index in [-0.39, 0.29) is 11.8 Å². The van der Waals surface area contributed by atoms with Crippen LogP contribution in [0.5, 0.6) is 5.75 Å². The number of ether oxygens (including phenoxy) is 1. The van der Waals surface area contributed by atoms with E-state index in [1.807, 2.05) is 30.3 Å². The molecule has 0 aliphatic heterocycles. The van der Waals surface area contributed by atoms with Crippen molar-refractivity contribution < 1.29 is 14.3 Å². The van der Waals surface area contributed by atoms with E-state index < -0.39 is 0 Å². The van der Waals surface area contributed by atoms with E-state index in [9.17, 15) is 9.59 Å². The molecule has 152 valence electrons. The molecule has 2 aliphatic rings. The molecule has 29 heavy (non-hydrogen) atoms. The van der Waals surface area contributed by atoms with Gasteiger partial charge in [-0.2, -0.15) is 0 Å². The Balaban J connectivity index is 1.28. The Hall–Kier alpha value is -2.82. The Morgan fingerprint density at radius 2 is 1.76 bits per heavy atom. The van der Waals surface area contributed by atoms with Crippen LogP contribution >= 0.6 is 0 Å². The quantitative estimate of drug-likeness (QED) is 0.696. The minimum Gasteiger partial charge on any atom is -0.490 e. The molecule has 2 aromatic rings. The van der Waals surface area contributed by atoms with Crippen molar-refractivity contribution in [3.05, 3.63) is 59.7 Å². The summed E-state index contributed by atoms with van der Waals surface area (Å²) in [6.07, 6.45) is 8.21. The second kappa shape index (κ2) is 9.12. The fourth-order valence-electron chi connectivity index (χ4n) is 3.69. The SMILES string of the molecule is O=C(CCc1cccc(OC2CCCC2)c1)Nc1cccc(C(=O)NC2CC2)c1. The summed E-state index contributed by atoms with van der Waals surface area (Å²) in [5.74, 6) is 0.749. The standard InChI is InChI=1S/C24H28N2O3/c27-23(25-20-7-4-6-18(16-20)24(28)26-19-12-13-19)14-11-17-5-3-10-22(15-17)29-21-8-1-2-9-21/h3-7,10,15-16,19,21H,1-2,8-9,11-14H2,(H,25,27)(H,26,28). The van der Waals surface area contributed by atoms with Crippen molar-refractivity contribution in [2.75, 3.05) is 5.32 Å². The van der Waals surface area contributed by atoms with E-state index in [0.717, 1.165) is 37.0 Å². The van der Waals surface area contributed by atoms with Gasteiger partial charge < -0.3 is 15.4 Å². The van der Waals surface area contributed by atoms with Crippen molar-refractivity contribution in [3.63, 3.8) is 0 Å². The first kappa shape index (κ1) is 19.5. The number of nitrogens with one attached hydrogen (secondary N) is 2. The van der Waals surface area contributed by atoms with Gasteiger partial charge in [0.2, 0.25) is 5.91 Å². The van der Waals surface area contributed by atoms with Gasteiger partial charge in [0.25, 0.3) is 5.91 Å². The van der Waals surface area contributed by atoms with Gasteiger partial charge in [-0.1, -0.05) is 18.2 Å². The average Bonchev–Trinajstić information content (AvgIpc) is 3.39. The van der Waals surface area contributed by atoms with Crippen molar-refractivity contribution >= 4 is 17.5 Å². The molecule has 0 heterocycles. The molecule has 2 amide bonds. The molecule has 2 saturated carbocycles. The van der Waals surface area contributed by atoms with Gasteiger partial charge in [-0.3, -0.25) is 9.59 Å². The summed E-state index contributed by atoms with van der Waals surface area (Å²) in [6.45, 7) is 0. The Bertz CT molecular complexity index is 870. The maximum atomic E-state index is 12.4. The molecule has 0 unspecified atom stereocenters. The van der Waals surface area contributed by atoms with Crippen LogP contribution in [0.4, 0.5) is 5.69 Å². The highest BCUT2D eigenvalue weighted by molar-refractivity contribution is 5.97. The predicted molar refractivity (Wildman–Crippen MR) is 113 cm³/mol. The second-order valence-corrected chi connectivity index (χ2v) is 8.05. The van der Waals surface area contributed by atoms with Gasteiger partial charge in [0.1, 0.15) is 5.75 Å². The Kier molecular flexibility index (Phi) is 6.13. The number of carbonyl (C=O) groups excluding carboxylic acids is 2. The molecule has 0 bridgehead atoms. The zero-order valence-electron chi connectivity index (χ0n) is 16.7. The molecular formula is C24H28N2O3. The topological polar surface area (TPSA) is 67.4 Å². The third-order valence-electron chi connectivity index (χ3n) is 5.47. The second-order valence-electron chi connectivity index (χ2n) is 8.05. The lowest BCUT2D eigenvalue weighted by Gasteiger charge is -2.14. The van der Waals surface area contributed by atoms with Crippen molar-refractivity contribution in [1.29, 1.82) is 0 Å². The van der Waals surface area contributed by atoms with Crippen LogP contribution in [-0.2, 0) is 11.2 Å². The molecule has 2 aromatic carbocycles. The monoisotopic (exact) mass is 392 g/mol. The first-order valence-corrected chi connectivity index (χ1v) is 10.6. The van der Waals surface area contributed by atoms with E-state index in [4.69, 9.17) is 4.74 Å². The number of anilines is 1. The van der Waals surface area contributed by atoms with E-state index in [2.05, 4.69) is 10.6 Å². The number of amides is 2.